The summed E-state index contributed by atoms with van der Waals surface area (Å²) in [6.07, 6.45) is 2.52. The van der Waals surface area contributed by atoms with Crippen LogP contribution in [0.5, 0.6) is 0 Å². The van der Waals surface area contributed by atoms with Crippen LogP contribution in [0.3, 0.4) is 0 Å². The SMILES string of the molecule is COC(=O)c1cccc(Cn2cc(C=O)c(-c3ccc(C)cc3)n2)c1. The topological polar surface area (TPSA) is 61.2 Å². The number of hydrogen-bond acceptors (Lipinski definition) is 4. The molecule has 25 heavy (non-hydrogen) atoms. The molecule has 5 nitrogen and oxygen atoms in total. The van der Waals surface area contributed by atoms with Crippen LogP contribution >= 0.6 is 0 Å². The molecule has 0 N–H and O–H groups in total. The Morgan fingerprint density at radius 1 is 1.20 bits per heavy atom. The van der Waals surface area contributed by atoms with Crippen LogP contribution in [-0.4, -0.2) is 29.1 Å². The lowest BCUT2D eigenvalue weighted by molar-refractivity contribution is 0.0600. The average molecular weight is 334 g/mol. The maximum Gasteiger partial charge on any atom is 0.337 e. The lowest BCUT2D eigenvalue weighted by Gasteiger charge is -2.04. The molecule has 0 aliphatic carbocycles. The summed E-state index contributed by atoms with van der Waals surface area (Å²) < 4.78 is 6.45. The summed E-state index contributed by atoms with van der Waals surface area (Å²) in [5.74, 6) is -0.378. The van der Waals surface area contributed by atoms with Crippen molar-refractivity contribution < 1.29 is 14.3 Å². The van der Waals surface area contributed by atoms with Crippen LogP contribution in [0.25, 0.3) is 11.3 Å². The van der Waals surface area contributed by atoms with Gasteiger partial charge >= 0.3 is 5.97 Å². The molecule has 3 rings (SSSR count). The van der Waals surface area contributed by atoms with Gasteiger partial charge in [-0.2, -0.15) is 5.10 Å². The van der Waals surface area contributed by atoms with Gasteiger partial charge in [-0.05, 0) is 24.6 Å². The molecular weight excluding hydrogens is 316 g/mol. The van der Waals surface area contributed by atoms with Gasteiger partial charge in [0, 0.05) is 11.8 Å². The zero-order chi connectivity index (χ0) is 17.8. The van der Waals surface area contributed by atoms with E-state index < -0.39 is 0 Å². The van der Waals surface area contributed by atoms with E-state index in [1.165, 1.54) is 7.11 Å². The van der Waals surface area contributed by atoms with Gasteiger partial charge in [0.05, 0.1) is 24.8 Å². The van der Waals surface area contributed by atoms with Crippen LogP contribution < -0.4 is 0 Å². The number of aldehydes is 1. The molecule has 3 aromatic rings. The molecule has 0 amide bonds. The van der Waals surface area contributed by atoms with Gasteiger partial charge in [0.1, 0.15) is 5.69 Å². The number of nitrogens with zero attached hydrogens (tertiary/aromatic N) is 2. The zero-order valence-corrected chi connectivity index (χ0v) is 14.1. The van der Waals surface area contributed by atoms with Gasteiger partial charge < -0.3 is 4.74 Å². The number of ether oxygens (including phenoxy) is 1. The number of carbonyl (C=O) groups excluding carboxylic acids is 2. The molecule has 0 saturated carbocycles. The molecule has 0 aliphatic heterocycles. The minimum atomic E-state index is -0.378. The van der Waals surface area contributed by atoms with Gasteiger partial charge in [-0.15, -0.1) is 0 Å². The first-order chi connectivity index (χ1) is 12.1. The number of aryl methyl sites for hydroxylation is 1. The first kappa shape index (κ1) is 16.6. The van der Waals surface area contributed by atoms with E-state index >= 15 is 0 Å². The summed E-state index contributed by atoms with van der Waals surface area (Å²) >= 11 is 0. The molecule has 0 radical (unpaired) electrons. The molecular formula is C20H18N2O3. The van der Waals surface area contributed by atoms with E-state index in [1.54, 1.807) is 29.1 Å². The Balaban J connectivity index is 1.90. The van der Waals surface area contributed by atoms with Crippen molar-refractivity contribution >= 4 is 12.3 Å². The van der Waals surface area contributed by atoms with Crippen molar-refractivity contribution in [1.82, 2.24) is 9.78 Å². The van der Waals surface area contributed by atoms with E-state index in [-0.39, 0.29) is 5.97 Å². The molecule has 1 heterocycles. The monoisotopic (exact) mass is 334 g/mol. The number of methoxy groups -OCH3 is 1. The number of benzene rings is 2. The Labute approximate surface area is 145 Å². The Hall–Kier alpha value is -3.21. The second kappa shape index (κ2) is 7.13. The first-order valence-electron chi connectivity index (χ1n) is 7.87. The molecule has 0 saturated heterocycles. The van der Waals surface area contributed by atoms with E-state index in [2.05, 4.69) is 5.10 Å². The van der Waals surface area contributed by atoms with Gasteiger partial charge in [0.2, 0.25) is 0 Å². The van der Waals surface area contributed by atoms with Crippen LogP contribution in [-0.2, 0) is 11.3 Å². The molecule has 126 valence electrons. The molecule has 0 unspecified atom stereocenters. The van der Waals surface area contributed by atoms with Crippen molar-refractivity contribution in [3.63, 3.8) is 0 Å². The Bertz CT molecular complexity index is 911. The number of esters is 1. The lowest BCUT2D eigenvalue weighted by Crippen LogP contribution is -2.04. The minimum Gasteiger partial charge on any atom is -0.465 e. The lowest BCUT2D eigenvalue weighted by atomic mass is 10.1. The average Bonchev–Trinajstić information content (AvgIpc) is 3.04. The fourth-order valence-corrected chi connectivity index (χ4v) is 2.64. The van der Waals surface area contributed by atoms with Crippen LogP contribution in [0.2, 0.25) is 0 Å². The largest absolute Gasteiger partial charge is 0.465 e. The summed E-state index contributed by atoms with van der Waals surface area (Å²) in [5, 5.41) is 4.54. The van der Waals surface area contributed by atoms with E-state index in [1.807, 2.05) is 37.3 Å². The van der Waals surface area contributed by atoms with Crippen LogP contribution in [0.15, 0.2) is 54.7 Å². The van der Waals surface area contributed by atoms with Crippen molar-refractivity contribution in [1.29, 1.82) is 0 Å². The van der Waals surface area contributed by atoms with Gasteiger partial charge in [0.15, 0.2) is 6.29 Å². The zero-order valence-electron chi connectivity index (χ0n) is 14.1. The van der Waals surface area contributed by atoms with Crippen LogP contribution in [0.1, 0.15) is 31.8 Å². The van der Waals surface area contributed by atoms with Crippen LogP contribution in [0, 0.1) is 6.92 Å². The molecule has 0 spiro atoms. The predicted octanol–water partition coefficient (Wildman–Crippen LogP) is 3.51. The fourth-order valence-electron chi connectivity index (χ4n) is 2.64. The molecule has 0 fully saturated rings. The van der Waals surface area contributed by atoms with Gasteiger partial charge in [-0.25, -0.2) is 4.79 Å². The molecule has 0 aliphatic rings. The van der Waals surface area contributed by atoms with E-state index in [4.69, 9.17) is 4.74 Å². The number of rotatable bonds is 5. The summed E-state index contributed by atoms with van der Waals surface area (Å²) in [6.45, 7) is 2.47. The summed E-state index contributed by atoms with van der Waals surface area (Å²) in [5.41, 5.74) is 4.62. The number of hydrogen-bond donors (Lipinski definition) is 0. The molecule has 1 aromatic heterocycles. The molecule has 0 bridgehead atoms. The summed E-state index contributed by atoms with van der Waals surface area (Å²) in [4.78, 5) is 23.0. The van der Waals surface area contributed by atoms with Gasteiger partial charge in [-0.3, -0.25) is 9.48 Å². The van der Waals surface area contributed by atoms with Crippen molar-refractivity contribution in [3.05, 3.63) is 77.0 Å². The van der Waals surface area contributed by atoms with Crippen molar-refractivity contribution in [3.8, 4) is 11.3 Å². The van der Waals surface area contributed by atoms with Crippen LogP contribution in [0.4, 0.5) is 0 Å². The smallest absolute Gasteiger partial charge is 0.337 e. The maximum atomic E-state index is 11.6. The minimum absolute atomic E-state index is 0.378. The van der Waals surface area contributed by atoms with Gasteiger partial charge in [-0.1, -0.05) is 42.0 Å². The van der Waals surface area contributed by atoms with E-state index in [0.717, 1.165) is 23.0 Å². The third-order valence-corrected chi connectivity index (χ3v) is 3.93. The quantitative estimate of drug-likeness (QED) is 0.529. The van der Waals surface area contributed by atoms with E-state index in [0.29, 0.717) is 23.4 Å². The highest BCUT2D eigenvalue weighted by atomic mass is 16.5. The highest BCUT2D eigenvalue weighted by Crippen LogP contribution is 2.22. The second-order valence-corrected chi connectivity index (χ2v) is 5.81. The Morgan fingerprint density at radius 3 is 2.64 bits per heavy atom. The highest BCUT2D eigenvalue weighted by Gasteiger charge is 2.12. The molecule has 5 heteroatoms. The third-order valence-electron chi connectivity index (χ3n) is 3.93. The van der Waals surface area contributed by atoms with Crippen molar-refractivity contribution in [2.45, 2.75) is 13.5 Å². The van der Waals surface area contributed by atoms with Gasteiger partial charge in [0.25, 0.3) is 0 Å². The van der Waals surface area contributed by atoms with Crippen molar-refractivity contribution in [2.75, 3.05) is 7.11 Å². The maximum absolute atomic E-state index is 11.6. The fraction of sp³-hybridized carbons (Fsp3) is 0.150. The predicted molar refractivity (Wildman–Crippen MR) is 94.7 cm³/mol. The normalized spacial score (nSPS) is 10.5. The Kier molecular flexibility index (Phi) is 4.75. The van der Waals surface area contributed by atoms with Crippen molar-refractivity contribution in [2.24, 2.45) is 0 Å². The highest BCUT2D eigenvalue weighted by molar-refractivity contribution is 5.89. The van der Waals surface area contributed by atoms with E-state index in [9.17, 15) is 9.59 Å². The number of aromatic nitrogens is 2. The second-order valence-electron chi connectivity index (χ2n) is 5.81. The first-order valence-corrected chi connectivity index (χ1v) is 7.87. The number of carbonyl (C=O) groups is 2. The molecule has 0 atom stereocenters. The summed E-state index contributed by atoms with van der Waals surface area (Å²) in [6, 6.07) is 15.0. The molecule has 2 aromatic carbocycles. The summed E-state index contributed by atoms with van der Waals surface area (Å²) in [7, 11) is 1.35. The standard InChI is InChI=1S/C20H18N2O3/c1-14-6-8-16(9-7-14)19-18(13-23)12-22(21-19)11-15-4-3-5-17(10-15)20(24)25-2/h3-10,12-13H,11H2,1-2H3. The third kappa shape index (κ3) is 3.66. The Morgan fingerprint density at radius 2 is 1.96 bits per heavy atom.